The molecule has 0 bridgehead atoms. The Morgan fingerprint density at radius 3 is 1.62 bits per heavy atom. The van der Waals surface area contributed by atoms with Gasteiger partial charge in [-0.15, -0.1) is 0 Å². The maximum Gasteiger partial charge on any atom is 0.0656 e. The van der Waals surface area contributed by atoms with E-state index in [1.54, 1.807) is 0 Å². The van der Waals surface area contributed by atoms with Crippen LogP contribution in [0.1, 0.15) is 25.0 Å². The van der Waals surface area contributed by atoms with Gasteiger partial charge in [0.2, 0.25) is 0 Å². The van der Waals surface area contributed by atoms with Crippen molar-refractivity contribution >= 4 is 0 Å². The average molecular weight is 212 g/mol. The summed E-state index contributed by atoms with van der Waals surface area (Å²) in [5.41, 5.74) is 2.39. The summed E-state index contributed by atoms with van der Waals surface area (Å²) >= 11 is 0. The molecule has 0 aliphatic carbocycles. The van der Waals surface area contributed by atoms with Crippen LogP contribution in [0.3, 0.4) is 0 Å². The normalized spacial score (nSPS) is 13.5. The van der Waals surface area contributed by atoms with Crippen LogP contribution in [0, 0.1) is 34.5 Å². The highest BCUT2D eigenvalue weighted by molar-refractivity contribution is 5.29. The number of rotatable bonds is 4. The van der Waals surface area contributed by atoms with Crippen molar-refractivity contribution in [3.05, 3.63) is 35.4 Å². The molecule has 2 unspecified atom stereocenters. The molecule has 2 heteroatoms. The highest BCUT2D eigenvalue weighted by Gasteiger charge is 2.09. The van der Waals surface area contributed by atoms with Crippen LogP contribution in [0.2, 0.25) is 0 Å². The van der Waals surface area contributed by atoms with Gasteiger partial charge in [0, 0.05) is 11.8 Å². The van der Waals surface area contributed by atoms with Crippen LogP contribution < -0.4 is 0 Å². The lowest BCUT2D eigenvalue weighted by atomic mass is 9.93. The van der Waals surface area contributed by atoms with Gasteiger partial charge in [0.05, 0.1) is 12.1 Å². The van der Waals surface area contributed by atoms with E-state index in [0.29, 0.717) is 0 Å². The summed E-state index contributed by atoms with van der Waals surface area (Å²) < 4.78 is 0. The molecule has 0 aliphatic heterocycles. The highest BCUT2D eigenvalue weighted by atomic mass is 14.3. The average Bonchev–Trinajstić information content (AvgIpc) is 2.31. The Labute approximate surface area is 97.1 Å². The third kappa shape index (κ3) is 3.41. The minimum atomic E-state index is 0.0264. The fourth-order valence-electron chi connectivity index (χ4n) is 1.71. The van der Waals surface area contributed by atoms with Crippen LogP contribution in [0.4, 0.5) is 0 Å². The lowest BCUT2D eigenvalue weighted by Crippen LogP contribution is -2.04. The van der Waals surface area contributed by atoms with Crippen LogP contribution in [-0.2, 0) is 12.8 Å². The first-order chi connectivity index (χ1) is 7.67. The van der Waals surface area contributed by atoms with Crippen LogP contribution >= 0.6 is 0 Å². The van der Waals surface area contributed by atoms with Crippen molar-refractivity contribution in [1.29, 1.82) is 10.5 Å². The molecule has 0 N–H and O–H groups in total. The second-order valence-electron chi connectivity index (χ2n) is 4.24. The van der Waals surface area contributed by atoms with Crippen LogP contribution in [-0.4, -0.2) is 0 Å². The predicted molar refractivity (Wildman–Crippen MR) is 63.4 cm³/mol. The number of nitriles is 2. The molecule has 0 aliphatic rings. The Balaban J connectivity index is 2.85. The molecule has 0 fully saturated rings. The number of benzene rings is 1. The molecular formula is C14H16N2. The molecule has 0 heterocycles. The van der Waals surface area contributed by atoms with Crippen molar-refractivity contribution in [1.82, 2.24) is 0 Å². The van der Waals surface area contributed by atoms with Crippen LogP contribution in [0.5, 0.6) is 0 Å². The van der Waals surface area contributed by atoms with Gasteiger partial charge in [-0.2, -0.15) is 10.5 Å². The van der Waals surface area contributed by atoms with E-state index in [9.17, 15) is 0 Å². The summed E-state index contributed by atoms with van der Waals surface area (Å²) in [6.45, 7) is 3.84. The molecule has 0 saturated carbocycles. The van der Waals surface area contributed by atoms with E-state index in [-0.39, 0.29) is 11.8 Å². The Morgan fingerprint density at radius 1 is 0.938 bits per heavy atom. The van der Waals surface area contributed by atoms with Gasteiger partial charge in [0.15, 0.2) is 0 Å². The number of nitrogens with zero attached hydrogens (tertiary/aromatic N) is 2. The molecule has 0 radical (unpaired) electrons. The van der Waals surface area contributed by atoms with E-state index in [1.165, 1.54) is 11.1 Å². The molecule has 1 rings (SSSR count). The largest absolute Gasteiger partial charge is 0.198 e. The van der Waals surface area contributed by atoms with Gasteiger partial charge < -0.3 is 0 Å². The smallest absolute Gasteiger partial charge is 0.0656 e. The van der Waals surface area contributed by atoms with Crippen molar-refractivity contribution in [3.63, 3.8) is 0 Å². The van der Waals surface area contributed by atoms with Gasteiger partial charge in [0.1, 0.15) is 0 Å². The number of hydrogen-bond donors (Lipinski definition) is 0. The molecule has 2 nitrogen and oxygen atoms in total. The van der Waals surface area contributed by atoms with Crippen molar-refractivity contribution in [2.45, 2.75) is 26.7 Å². The van der Waals surface area contributed by atoms with Crippen molar-refractivity contribution in [2.24, 2.45) is 11.8 Å². The SMILES string of the molecule is CC(C#N)Cc1ccccc1CC(C)C#N. The molecular weight excluding hydrogens is 196 g/mol. The highest BCUT2D eigenvalue weighted by Crippen LogP contribution is 2.17. The predicted octanol–water partition coefficient (Wildman–Crippen LogP) is 3.09. The maximum absolute atomic E-state index is 8.81. The molecule has 0 saturated heterocycles. The fourth-order valence-corrected chi connectivity index (χ4v) is 1.71. The summed E-state index contributed by atoms with van der Waals surface area (Å²) in [7, 11) is 0. The van der Waals surface area contributed by atoms with E-state index < -0.39 is 0 Å². The van der Waals surface area contributed by atoms with E-state index >= 15 is 0 Å². The van der Waals surface area contributed by atoms with Gasteiger partial charge in [-0.1, -0.05) is 24.3 Å². The third-order valence-electron chi connectivity index (χ3n) is 2.61. The Morgan fingerprint density at radius 2 is 1.31 bits per heavy atom. The zero-order valence-electron chi connectivity index (χ0n) is 9.77. The first kappa shape index (κ1) is 12.3. The van der Waals surface area contributed by atoms with E-state index in [0.717, 1.165) is 12.8 Å². The summed E-state index contributed by atoms with van der Waals surface area (Å²) in [4.78, 5) is 0. The molecule has 0 spiro atoms. The third-order valence-corrected chi connectivity index (χ3v) is 2.61. The summed E-state index contributed by atoms with van der Waals surface area (Å²) in [5, 5.41) is 17.6. The lowest BCUT2D eigenvalue weighted by molar-refractivity contribution is 0.699. The molecule has 82 valence electrons. The van der Waals surface area contributed by atoms with Gasteiger partial charge in [-0.25, -0.2) is 0 Å². The van der Waals surface area contributed by atoms with E-state index in [4.69, 9.17) is 10.5 Å². The Kier molecular flexibility index (Phi) is 4.55. The molecule has 1 aromatic carbocycles. The topological polar surface area (TPSA) is 47.6 Å². The standard InChI is InChI=1S/C14H16N2/c1-11(9-15)7-13-5-3-4-6-14(13)8-12(2)10-16/h3-6,11-12H,7-8H2,1-2H3. The van der Waals surface area contributed by atoms with Crippen molar-refractivity contribution in [3.8, 4) is 12.1 Å². The molecule has 0 amide bonds. The molecule has 1 aromatic rings. The van der Waals surface area contributed by atoms with Crippen LogP contribution in [0.25, 0.3) is 0 Å². The first-order valence-electron chi connectivity index (χ1n) is 5.53. The van der Waals surface area contributed by atoms with Gasteiger partial charge in [-0.3, -0.25) is 0 Å². The summed E-state index contributed by atoms with van der Waals surface area (Å²) in [5.74, 6) is 0.0529. The second-order valence-corrected chi connectivity index (χ2v) is 4.24. The maximum atomic E-state index is 8.81. The zero-order valence-corrected chi connectivity index (χ0v) is 9.77. The quantitative estimate of drug-likeness (QED) is 0.770. The van der Waals surface area contributed by atoms with Crippen molar-refractivity contribution in [2.75, 3.05) is 0 Å². The van der Waals surface area contributed by atoms with Crippen LogP contribution in [0.15, 0.2) is 24.3 Å². The Hall–Kier alpha value is -1.80. The van der Waals surface area contributed by atoms with E-state index in [2.05, 4.69) is 12.1 Å². The monoisotopic (exact) mass is 212 g/mol. The second kappa shape index (κ2) is 5.93. The minimum Gasteiger partial charge on any atom is -0.198 e. The molecule has 16 heavy (non-hydrogen) atoms. The lowest BCUT2D eigenvalue weighted by Gasteiger charge is -2.11. The molecule has 2 atom stereocenters. The first-order valence-corrected chi connectivity index (χ1v) is 5.53. The minimum absolute atomic E-state index is 0.0264. The van der Waals surface area contributed by atoms with Gasteiger partial charge in [0.25, 0.3) is 0 Å². The summed E-state index contributed by atoms with van der Waals surface area (Å²) in [6, 6.07) is 12.6. The Bertz CT molecular complexity index is 382. The molecule has 0 aromatic heterocycles. The van der Waals surface area contributed by atoms with Gasteiger partial charge >= 0.3 is 0 Å². The van der Waals surface area contributed by atoms with E-state index in [1.807, 2.05) is 38.1 Å². The number of hydrogen-bond acceptors (Lipinski definition) is 2. The van der Waals surface area contributed by atoms with Crippen molar-refractivity contribution < 1.29 is 0 Å². The zero-order chi connectivity index (χ0) is 12.0. The summed E-state index contributed by atoms with van der Waals surface area (Å²) in [6.07, 6.45) is 1.54. The fraction of sp³-hybridized carbons (Fsp3) is 0.429. The van der Waals surface area contributed by atoms with Gasteiger partial charge in [-0.05, 0) is 37.8 Å².